The van der Waals surface area contributed by atoms with E-state index in [4.69, 9.17) is 9.47 Å². The zero-order valence-corrected chi connectivity index (χ0v) is 17.3. The molecule has 0 aromatic heterocycles. The van der Waals surface area contributed by atoms with Crippen molar-refractivity contribution in [1.82, 2.24) is 5.43 Å². The number of nitrogens with zero attached hydrogens (tertiary/aromatic N) is 1. The van der Waals surface area contributed by atoms with Crippen molar-refractivity contribution in [3.05, 3.63) is 56.0 Å². The van der Waals surface area contributed by atoms with Crippen molar-refractivity contribution in [1.29, 1.82) is 0 Å². The maximum absolute atomic E-state index is 11.9. The lowest BCUT2D eigenvalue weighted by molar-refractivity contribution is -0.123. The van der Waals surface area contributed by atoms with Gasteiger partial charge in [0.25, 0.3) is 5.91 Å². The minimum absolute atomic E-state index is 0.0982. The average Bonchev–Trinajstić information content (AvgIpc) is 2.54. The molecule has 0 heterocycles. The van der Waals surface area contributed by atoms with E-state index in [1.807, 2.05) is 44.2 Å². The molecule has 2 aromatic carbocycles. The molecule has 0 aliphatic carbocycles. The van der Waals surface area contributed by atoms with Crippen LogP contribution in [0, 0.1) is 13.8 Å². The van der Waals surface area contributed by atoms with E-state index >= 15 is 0 Å². The van der Waals surface area contributed by atoms with Crippen LogP contribution in [-0.2, 0) is 4.79 Å². The van der Waals surface area contributed by atoms with E-state index in [-0.39, 0.29) is 12.5 Å². The molecule has 1 amide bonds. The van der Waals surface area contributed by atoms with Crippen LogP contribution in [0.3, 0.4) is 0 Å². The van der Waals surface area contributed by atoms with Gasteiger partial charge in [-0.25, -0.2) is 5.43 Å². The average molecular weight is 470 g/mol. The number of amides is 1. The van der Waals surface area contributed by atoms with Gasteiger partial charge in [0.15, 0.2) is 6.61 Å². The Labute approximate surface area is 163 Å². The minimum atomic E-state index is -0.328. The predicted octanol–water partition coefficient (Wildman–Crippen LogP) is 4.37. The van der Waals surface area contributed by atoms with Gasteiger partial charge in [-0.1, -0.05) is 18.2 Å². The maximum atomic E-state index is 11.9. The first kappa shape index (κ1) is 19.5. The Morgan fingerprint density at radius 3 is 2.32 bits per heavy atom. The van der Waals surface area contributed by atoms with Gasteiger partial charge in [0.05, 0.1) is 22.3 Å². The van der Waals surface area contributed by atoms with Crippen LogP contribution in [0.4, 0.5) is 0 Å². The van der Waals surface area contributed by atoms with Crippen molar-refractivity contribution in [2.75, 3.05) is 13.7 Å². The molecule has 0 saturated carbocycles. The Balaban J connectivity index is 1.93. The molecule has 0 saturated heterocycles. The van der Waals surface area contributed by atoms with Gasteiger partial charge in [-0.3, -0.25) is 4.79 Å². The van der Waals surface area contributed by atoms with Crippen molar-refractivity contribution >= 4 is 44.0 Å². The number of hydrogen-bond donors (Lipinski definition) is 1. The zero-order chi connectivity index (χ0) is 18.4. The van der Waals surface area contributed by atoms with Crippen molar-refractivity contribution in [2.24, 2.45) is 5.10 Å². The molecule has 2 aromatic rings. The summed E-state index contributed by atoms with van der Waals surface area (Å²) in [7, 11) is 1.59. The maximum Gasteiger partial charge on any atom is 0.277 e. The van der Waals surface area contributed by atoms with Gasteiger partial charge in [-0.15, -0.1) is 0 Å². The van der Waals surface area contributed by atoms with Crippen LogP contribution in [0.1, 0.15) is 16.7 Å². The number of aryl methyl sites for hydroxylation is 2. The summed E-state index contributed by atoms with van der Waals surface area (Å²) in [6.07, 6.45) is 1.55. The molecule has 132 valence electrons. The van der Waals surface area contributed by atoms with E-state index in [0.717, 1.165) is 31.4 Å². The summed E-state index contributed by atoms with van der Waals surface area (Å²) in [6, 6.07) is 9.52. The van der Waals surface area contributed by atoms with Gasteiger partial charge in [0, 0.05) is 0 Å². The highest BCUT2D eigenvalue weighted by molar-refractivity contribution is 9.11. The molecule has 7 heteroatoms. The van der Waals surface area contributed by atoms with Crippen molar-refractivity contribution in [2.45, 2.75) is 13.8 Å². The third-order valence-corrected chi connectivity index (χ3v) is 4.56. The summed E-state index contributed by atoms with van der Waals surface area (Å²) >= 11 is 6.84. The lowest BCUT2D eigenvalue weighted by Crippen LogP contribution is -2.25. The SMILES string of the molecule is COc1c(Br)cc(C=NNC(=O)COc2c(C)cccc2C)cc1Br. The van der Waals surface area contributed by atoms with E-state index in [1.54, 1.807) is 13.3 Å². The van der Waals surface area contributed by atoms with E-state index < -0.39 is 0 Å². The third-order valence-electron chi connectivity index (χ3n) is 3.38. The standard InChI is InChI=1S/C18H18Br2N2O3/c1-11-5-4-6-12(2)17(11)25-10-16(23)22-21-9-13-7-14(19)18(24-3)15(20)8-13/h4-9H,10H2,1-3H3,(H,22,23). The second kappa shape index (κ2) is 9.01. The molecule has 0 unspecified atom stereocenters. The molecule has 0 aliphatic rings. The first-order chi connectivity index (χ1) is 11.9. The first-order valence-electron chi connectivity index (χ1n) is 7.46. The normalized spacial score (nSPS) is 10.8. The molecule has 0 radical (unpaired) electrons. The molecular weight excluding hydrogens is 452 g/mol. The number of methoxy groups -OCH3 is 1. The van der Waals surface area contributed by atoms with Crippen LogP contribution in [0.5, 0.6) is 11.5 Å². The van der Waals surface area contributed by atoms with Gasteiger partial charge in [-0.05, 0) is 74.5 Å². The second-order valence-corrected chi connectivity index (χ2v) is 7.03. The summed E-state index contributed by atoms with van der Waals surface area (Å²) in [5.74, 6) is 1.10. The lowest BCUT2D eigenvalue weighted by atomic mass is 10.1. The Morgan fingerprint density at radius 2 is 1.76 bits per heavy atom. The quantitative estimate of drug-likeness (QED) is 0.504. The minimum Gasteiger partial charge on any atom is -0.494 e. The summed E-state index contributed by atoms with van der Waals surface area (Å²) in [6.45, 7) is 3.79. The molecule has 0 fully saturated rings. The number of benzene rings is 2. The molecule has 0 atom stereocenters. The fourth-order valence-electron chi connectivity index (χ4n) is 2.22. The third kappa shape index (κ3) is 5.31. The Bertz CT molecular complexity index is 764. The Hall–Kier alpha value is -1.86. The smallest absolute Gasteiger partial charge is 0.277 e. The van der Waals surface area contributed by atoms with Crippen LogP contribution in [0.25, 0.3) is 0 Å². The first-order valence-corrected chi connectivity index (χ1v) is 9.05. The molecule has 0 bridgehead atoms. The highest BCUT2D eigenvalue weighted by Crippen LogP contribution is 2.33. The van der Waals surface area contributed by atoms with Gasteiger partial charge < -0.3 is 9.47 Å². The fourth-order valence-corrected chi connectivity index (χ4v) is 3.77. The summed E-state index contributed by atoms with van der Waals surface area (Å²) in [5, 5.41) is 3.95. The molecule has 0 spiro atoms. The molecule has 0 aliphatic heterocycles. The predicted molar refractivity (Wildman–Crippen MR) is 106 cm³/mol. The number of hydrogen-bond acceptors (Lipinski definition) is 4. The monoisotopic (exact) mass is 468 g/mol. The van der Waals surface area contributed by atoms with E-state index in [9.17, 15) is 4.79 Å². The van der Waals surface area contributed by atoms with Crippen LogP contribution in [0.2, 0.25) is 0 Å². The van der Waals surface area contributed by atoms with Crippen molar-refractivity contribution < 1.29 is 14.3 Å². The van der Waals surface area contributed by atoms with E-state index in [0.29, 0.717) is 5.75 Å². The van der Waals surface area contributed by atoms with Crippen LogP contribution in [-0.4, -0.2) is 25.8 Å². The number of hydrazone groups is 1. The van der Waals surface area contributed by atoms with Crippen LogP contribution < -0.4 is 14.9 Å². The molecular formula is C18H18Br2N2O3. The number of halogens is 2. The van der Waals surface area contributed by atoms with Crippen molar-refractivity contribution in [3.8, 4) is 11.5 Å². The summed E-state index contributed by atoms with van der Waals surface area (Å²) in [5.41, 5.74) is 5.23. The largest absolute Gasteiger partial charge is 0.494 e. The van der Waals surface area contributed by atoms with Gasteiger partial charge in [-0.2, -0.15) is 5.10 Å². The number of nitrogens with one attached hydrogen (secondary N) is 1. The number of ether oxygens (including phenoxy) is 2. The molecule has 2 rings (SSSR count). The van der Waals surface area contributed by atoms with Gasteiger partial charge >= 0.3 is 0 Å². The van der Waals surface area contributed by atoms with E-state index in [2.05, 4.69) is 42.4 Å². The topological polar surface area (TPSA) is 59.9 Å². The molecule has 1 N–H and O–H groups in total. The second-order valence-electron chi connectivity index (χ2n) is 5.32. The Kier molecular flexibility index (Phi) is 7.01. The highest BCUT2D eigenvalue weighted by Gasteiger charge is 2.08. The van der Waals surface area contributed by atoms with Gasteiger partial charge in [0.1, 0.15) is 11.5 Å². The number of rotatable bonds is 6. The zero-order valence-electron chi connectivity index (χ0n) is 14.1. The number of carbonyl (C=O) groups is 1. The van der Waals surface area contributed by atoms with E-state index in [1.165, 1.54) is 0 Å². The lowest BCUT2D eigenvalue weighted by Gasteiger charge is -2.10. The molecule has 5 nitrogen and oxygen atoms in total. The van der Waals surface area contributed by atoms with Crippen LogP contribution in [0.15, 0.2) is 44.4 Å². The van der Waals surface area contributed by atoms with Crippen LogP contribution >= 0.6 is 31.9 Å². The summed E-state index contributed by atoms with van der Waals surface area (Å²) in [4.78, 5) is 11.9. The van der Waals surface area contributed by atoms with Crippen molar-refractivity contribution in [3.63, 3.8) is 0 Å². The molecule has 25 heavy (non-hydrogen) atoms. The van der Waals surface area contributed by atoms with Gasteiger partial charge in [0.2, 0.25) is 0 Å². The fraction of sp³-hybridized carbons (Fsp3) is 0.222. The highest BCUT2D eigenvalue weighted by atomic mass is 79.9. The number of para-hydroxylation sites is 1. The Morgan fingerprint density at radius 1 is 1.16 bits per heavy atom. The number of carbonyl (C=O) groups excluding carboxylic acids is 1. The summed E-state index contributed by atoms with van der Waals surface area (Å²) < 4.78 is 12.4.